The number of benzene rings is 2. The Morgan fingerprint density at radius 3 is 2.64 bits per heavy atom. The zero-order valence-corrected chi connectivity index (χ0v) is 13.6. The number of carbonyl (C=O) groups excluding carboxylic acids is 1. The molecule has 0 saturated heterocycles. The van der Waals surface area contributed by atoms with Gasteiger partial charge in [-0.15, -0.1) is 0 Å². The van der Waals surface area contributed by atoms with Gasteiger partial charge in [-0.1, -0.05) is 23.2 Å². The number of hydrogen-bond donors (Lipinski definition) is 1. The normalized spacial score (nSPS) is 10.7. The molecule has 0 heterocycles. The van der Waals surface area contributed by atoms with Crippen molar-refractivity contribution in [2.75, 3.05) is 12.4 Å². The first kappa shape index (κ1) is 16.1. The van der Waals surface area contributed by atoms with Crippen LogP contribution in [-0.2, 0) is 4.79 Å². The smallest absolute Gasteiger partial charge is 0.248 e. The van der Waals surface area contributed by atoms with E-state index in [1.807, 2.05) is 38.1 Å². The van der Waals surface area contributed by atoms with E-state index in [0.29, 0.717) is 5.02 Å². The molecule has 114 valence electrons. The summed E-state index contributed by atoms with van der Waals surface area (Å²) in [6.07, 6.45) is 3.23. The summed E-state index contributed by atoms with van der Waals surface area (Å²) in [4.78, 5) is 12.0. The lowest BCUT2D eigenvalue weighted by atomic mass is 10.1. The minimum Gasteiger partial charge on any atom is -0.496 e. The molecule has 0 unspecified atom stereocenters. The van der Waals surface area contributed by atoms with Crippen LogP contribution < -0.4 is 10.1 Å². The van der Waals surface area contributed by atoms with Crippen molar-refractivity contribution in [3.63, 3.8) is 0 Å². The highest BCUT2D eigenvalue weighted by molar-refractivity contribution is 6.30. The fourth-order valence-corrected chi connectivity index (χ4v) is 2.32. The number of carbonyl (C=O) groups is 1. The van der Waals surface area contributed by atoms with E-state index in [-0.39, 0.29) is 5.91 Å². The second-order valence-electron chi connectivity index (χ2n) is 5.03. The SMILES string of the molecule is COc1ccc(C)cc1/C=C/C(=O)Nc1ccc(Cl)cc1C. The summed E-state index contributed by atoms with van der Waals surface area (Å²) in [6.45, 7) is 3.89. The average molecular weight is 316 g/mol. The third-order valence-electron chi connectivity index (χ3n) is 3.25. The van der Waals surface area contributed by atoms with Crippen LogP contribution in [-0.4, -0.2) is 13.0 Å². The van der Waals surface area contributed by atoms with Gasteiger partial charge in [-0.25, -0.2) is 0 Å². The first-order valence-electron chi connectivity index (χ1n) is 6.89. The molecular formula is C18H18ClNO2. The molecule has 0 atom stereocenters. The van der Waals surface area contributed by atoms with Gasteiger partial charge in [-0.3, -0.25) is 4.79 Å². The van der Waals surface area contributed by atoms with Gasteiger partial charge < -0.3 is 10.1 Å². The molecule has 0 radical (unpaired) electrons. The molecule has 2 rings (SSSR count). The third-order valence-corrected chi connectivity index (χ3v) is 3.48. The highest BCUT2D eigenvalue weighted by Crippen LogP contribution is 2.22. The molecule has 0 spiro atoms. The van der Waals surface area contributed by atoms with Crippen molar-refractivity contribution in [1.82, 2.24) is 0 Å². The zero-order chi connectivity index (χ0) is 16.1. The van der Waals surface area contributed by atoms with Gasteiger partial charge in [0.05, 0.1) is 7.11 Å². The number of halogens is 1. The standard InChI is InChI=1S/C18H18ClNO2/c1-12-4-8-17(22-3)14(10-12)5-9-18(21)20-16-7-6-15(19)11-13(16)2/h4-11H,1-3H3,(H,20,21)/b9-5+. The molecule has 0 aliphatic carbocycles. The van der Waals surface area contributed by atoms with Crippen molar-refractivity contribution in [2.24, 2.45) is 0 Å². The van der Waals surface area contributed by atoms with Crippen molar-refractivity contribution < 1.29 is 9.53 Å². The van der Waals surface area contributed by atoms with Crippen molar-refractivity contribution in [3.05, 3.63) is 64.2 Å². The van der Waals surface area contributed by atoms with Gasteiger partial charge >= 0.3 is 0 Å². The van der Waals surface area contributed by atoms with Crippen molar-refractivity contribution >= 4 is 29.3 Å². The number of rotatable bonds is 4. The summed E-state index contributed by atoms with van der Waals surface area (Å²) in [7, 11) is 1.61. The largest absolute Gasteiger partial charge is 0.496 e. The average Bonchev–Trinajstić information content (AvgIpc) is 2.48. The van der Waals surface area contributed by atoms with Gasteiger partial charge in [-0.05, 0) is 55.8 Å². The number of amides is 1. The number of methoxy groups -OCH3 is 1. The topological polar surface area (TPSA) is 38.3 Å². The predicted octanol–water partition coefficient (Wildman–Crippen LogP) is 4.62. The van der Waals surface area contributed by atoms with Gasteiger partial charge in [0, 0.05) is 22.3 Å². The molecule has 2 aromatic carbocycles. The van der Waals surface area contributed by atoms with E-state index >= 15 is 0 Å². The lowest BCUT2D eigenvalue weighted by molar-refractivity contribution is -0.111. The molecular weight excluding hydrogens is 298 g/mol. The Morgan fingerprint density at radius 1 is 1.18 bits per heavy atom. The molecule has 0 bridgehead atoms. The second kappa shape index (κ2) is 7.14. The highest BCUT2D eigenvalue weighted by atomic mass is 35.5. The quantitative estimate of drug-likeness (QED) is 0.836. The first-order valence-corrected chi connectivity index (χ1v) is 7.27. The first-order chi connectivity index (χ1) is 10.5. The van der Waals surface area contributed by atoms with Crippen LogP contribution in [0.4, 0.5) is 5.69 Å². The Labute approximate surface area is 135 Å². The maximum atomic E-state index is 12.0. The van der Waals surface area contributed by atoms with E-state index in [1.54, 1.807) is 25.3 Å². The molecule has 0 aliphatic rings. The Balaban J connectivity index is 2.13. The molecule has 2 aromatic rings. The van der Waals surface area contributed by atoms with E-state index in [2.05, 4.69) is 5.32 Å². The van der Waals surface area contributed by atoms with Crippen LogP contribution in [0.25, 0.3) is 6.08 Å². The summed E-state index contributed by atoms with van der Waals surface area (Å²) >= 11 is 5.90. The number of hydrogen-bond acceptors (Lipinski definition) is 2. The van der Waals surface area contributed by atoms with Gasteiger partial charge in [-0.2, -0.15) is 0 Å². The fourth-order valence-electron chi connectivity index (χ4n) is 2.09. The number of ether oxygens (including phenoxy) is 1. The van der Waals surface area contributed by atoms with Crippen molar-refractivity contribution in [1.29, 1.82) is 0 Å². The summed E-state index contributed by atoms with van der Waals surface area (Å²) in [6, 6.07) is 11.2. The van der Waals surface area contributed by atoms with E-state index in [9.17, 15) is 4.79 Å². The Kier molecular flexibility index (Phi) is 5.23. The van der Waals surface area contributed by atoms with E-state index in [4.69, 9.17) is 16.3 Å². The van der Waals surface area contributed by atoms with Crippen molar-refractivity contribution in [2.45, 2.75) is 13.8 Å². The number of aryl methyl sites for hydroxylation is 2. The molecule has 1 N–H and O–H groups in total. The van der Waals surface area contributed by atoms with Gasteiger partial charge in [0.2, 0.25) is 5.91 Å². The number of nitrogens with one attached hydrogen (secondary N) is 1. The molecule has 0 aromatic heterocycles. The van der Waals surface area contributed by atoms with Gasteiger partial charge in [0.25, 0.3) is 0 Å². The maximum absolute atomic E-state index is 12.0. The highest BCUT2D eigenvalue weighted by Gasteiger charge is 2.04. The van der Waals surface area contributed by atoms with E-state index in [0.717, 1.165) is 28.1 Å². The summed E-state index contributed by atoms with van der Waals surface area (Å²) < 4.78 is 5.29. The molecule has 4 heteroatoms. The van der Waals surface area contributed by atoms with Crippen LogP contribution in [0.2, 0.25) is 5.02 Å². The van der Waals surface area contributed by atoms with Crippen LogP contribution in [0.15, 0.2) is 42.5 Å². The molecule has 3 nitrogen and oxygen atoms in total. The maximum Gasteiger partial charge on any atom is 0.248 e. The molecule has 0 saturated carbocycles. The second-order valence-corrected chi connectivity index (χ2v) is 5.46. The predicted molar refractivity (Wildman–Crippen MR) is 91.6 cm³/mol. The molecule has 0 aliphatic heterocycles. The Bertz CT molecular complexity index is 723. The molecule has 22 heavy (non-hydrogen) atoms. The molecule has 0 fully saturated rings. The lowest BCUT2D eigenvalue weighted by Gasteiger charge is -2.07. The van der Waals surface area contributed by atoms with Crippen molar-refractivity contribution in [3.8, 4) is 5.75 Å². The third kappa shape index (κ3) is 4.12. The van der Waals surface area contributed by atoms with Crippen LogP contribution >= 0.6 is 11.6 Å². The van der Waals surface area contributed by atoms with Crippen LogP contribution in [0.5, 0.6) is 5.75 Å². The Morgan fingerprint density at radius 2 is 1.95 bits per heavy atom. The minimum absolute atomic E-state index is 0.200. The van der Waals surface area contributed by atoms with Crippen LogP contribution in [0, 0.1) is 13.8 Å². The number of anilines is 1. The fraction of sp³-hybridized carbons (Fsp3) is 0.167. The lowest BCUT2D eigenvalue weighted by Crippen LogP contribution is -2.08. The molecule has 1 amide bonds. The Hall–Kier alpha value is -2.26. The van der Waals surface area contributed by atoms with Gasteiger partial charge in [0.15, 0.2) is 0 Å². The van der Waals surface area contributed by atoms with Gasteiger partial charge in [0.1, 0.15) is 5.75 Å². The summed E-state index contributed by atoms with van der Waals surface area (Å²) in [5.74, 6) is 0.534. The summed E-state index contributed by atoms with van der Waals surface area (Å²) in [5, 5.41) is 3.48. The minimum atomic E-state index is -0.200. The van der Waals surface area contributed by atoms with Crippen LogP contribution in [0.3, 0.4) is 0 Å². The monoisotopic (exact) mass is 315 g/mol. The van der Waals surface area contributed by atoms with Crippen LogP contribution in [0.1, 0.15) is 16.7 Å². The zero-order valence-electron chi connectivity index (χ0n) is 12.8. The van der Waals surface area contributed by atoms with E-state index in [1.165, 1.54) is 6.08 Å². The van der Waals surface area contributed by atoms with E-state index < -0.39 is 0 Å². The summed E-state index contributed by atoms with van der Waals surface area (Å²) in [5.41, 5.74) is 3.64.